The Hall–Kier alpha value is -2.47. The Bertz CT molecular complexity index is 790. The molecule has 1 aliphatic heterocycles. The number of benzene rings is 2. The third-order valence-electron chi connectivity index (χ3n) is 4.55. The number of carbonyl (C=O) groups is 2. The number of nitrogens with one attached hydrogen (secondary N) is 1. The molecule has 0 radical (unpaired) electrons. The minimum atomic E-state index is -0.130. The Kier molecular flexibility index (Phi) is 7.37. The molecule has 0 atom stereocenters. The van der Waals surface area contributed by atoms with Crippen LogP contribution in [0.1, 0.15) is 24.0 Å². The van der Waals surface area contributed by atoms with E-state index in [0.29, 0.717) is 18.7 Å². The summed E-state index contributed by atoms with van der Waals surface area (Å²) < 4.78 is 5.53. The van der Waals surface area contributed by atoms with Crippen molar-refractivity contribution >= 4 is 29.3 Å². The maximum Gasteiger partial charge on any atom is 0.257 e. The zero-order chi connectivity index (χ0) is 19.8. The average Bonchev–Trinajstić information content (AvgIpc) is 3.14. The highest BCUT2D eigenvalue weighted by Gasteiger charge is 2.21. The molecular weight excluding hydrogens is 372 g/mol. The zero-order valence-corrected chi connectivity index (χ0v) is 17.0. The Morgan fingerprint density at radius 2 is 1.89 bits per heavy atom. The molecule has 0 unspecified atom stereocenters. The number of rotatable bonds is 9. The van der Waals surface area contributed by atoms with Crippen LogP contribution >= 0.6 is 11.8 Å². The number of thioether (sulfide) groups is 1. The summed E-state index contributed by atoms with van der Waals surface area (Å²) in [6, 6.07) is 15.8. The van der Waals surface area contributed by atoms with Gasteiger partial charge in [0.05, 0.1) is 0 Å². The molecule has 0 aromatic heterocycles. The lowest BCUT2D eigenvalue weighted by atomic mass is 10.2. The van der Waals surface area contributed by atoms with Crippen molar-refractivity contribution in [2.75, 3.05) is 30.3 Å². The fraction of sp³-hybridized carbons (Fsp3) is 0.364. The second-order valence-electron chi connectivity index (χ2n) is 6.82. The van der Waals surface area contributed by atoms with Crippen molar-refractivity contribution in [3.8, 4) is 5.75 Å². The van der Waals surface area contributed by atoms with Crippen LogP contribution in [0.15, 0.2) is 48.5 Å². The van der Waals surface area contributed by atoms with E-state index < -0.39 is 0 Å². The van der Waals surface area contributed by atoms with Crippen molar-refractivity contribution in [2.45, 2.75) is 25.5 Å². The van der Waals surface area contributed by atoms with E-state index in [4.69, 9.17) is 4.74 Å². The molecule has 148 valence electrons. The number of nitrogens with zero attached hydrogens (tertiary/aromatic N) is 1. The first-order chi connectivity index (χ1) is 13.6. The molecule has 1 saturated heterocycles. The molecule has 6 heteroatoms. The topological polar surface area (TPSA) is 58.6 Å². The molecular formula is C22H26N2O3S. The number of hydrogen-bond acceptors (Lipinski definition) is 4. The van der Waals surface area contributed by atoms with E-state index in [0.717, 1.165) is 30.2 Å². The molecule has 3 rings (SSSR count). The van der Waals surface area contributed by atoms with Crippen molar-refractivity contribution < 1.29 is 14.3 Å². The molecule has 0 saturated carbocycles. The van der Waals surface area contributed by atoms with Gasteiger partial charge in [0.25, 0.3) is 5.91 Å². The van der Waals surface area contributed by atoms with Gasteiger partial charge in [0.1, 0.15) is 5.75 Å². The Morgan fingerprint density at radius 3 is 2.57 bits per heavy atom. The van der Waals surface area contributed by atoms with E-state index in [1.165, 1.54) is 11.1 Å². The van der Waals surface area contributed by atoms with Gasteiger partial charge in [-0.15, -0.1) is 0 Å². The van der Waals surface area contributed by atoms with Crippen molar-refractivity contribution in [3.63, 3.8) is 0 Å². The summed E-state index contributed by atoms with van der Waals surface area (Å²) >= 11 is 1.79. The first-order valence-electron chi connectivity index (χ1n) is 9.55. The summed E-state index contributed by atoms with van der Waals surface area (Å²) in [7, 11) is 0. The molecule has 1 aliphatic rings. The number of hydrogen-bond donors (Lipinski definition) is 1. The molecule has 0 bridgehead atoms. The Morgan fingerprint density at radius 1 is 1.14 bits per heavy atom. The number of carbonyl (C=O) groups excluding carboxylic acids is 2. The fourth-order valence-corrected chi connectivity index (χ4v) is 3.80. The third kappa shape index (κ3) is 6.02. The van der Waals surface area contributed by atoms with Gasteiger partial charge in [-0.2, -0.15) is 11.8 Å². The largest absolute Gasteiger partial charge is 0.484 e. The Balaban J connectivity index is 1.30. The number of aryl methyl sites for hydroxylation is 1. The van der Waals surface area contributed by atoms with E-state index in [1.54, 1.807) is 28.8 Å². The molecule has 2 aromatic carbocycles. The fourth-order valence-electron chi connectivity index (χ4n) is 2.98. The lowest BCUT2D eigenvalue weighted by Crippen LogP contribution is -2.30. The molecule has 0 aliphatic carbocycles. The van der Waals surface area contributed by atoms with Gasteiger partial charge in [0.15, 0.2) is 6.61 Å². The van der Waals surface area contributed by atoms with Gasteiger partial charge in [-0.1, -0.05) is 29.8 Å². The van der Waals surface area contributed by atoms with Gasteiger partial charge in [-0.05, 0) is 43.2 Å². The number of ether oxygens (including phenoxy) is 1. The molecule has 2 aromatic rings. The van der Waals surface area contributed by atoms with Crippen LogP contribution in [0.4, 0.5) is 5.69 Å². The quantitative estimate of drug-likeness (QED) is 0.657. The highest BCUT2D eigenvalue weighted by atomic mass is 32.2. The van der Waals surface area contributed by atoms with Crippen LogP contribution in [-0.2, 0) is 15.3 Å². The SMILES string of the molecule is Cc1ccc(CSCCNC(=O)COc2ccc(N3CCCC3=O)cc2)cc1. The van der Waals surface area contributed by atoms with Crippen molar-refractivity contribution in [1.82, 2.24) is 5.32 Å². The normalized spacial score (nSPS) is 13.6. The molecule has 1 N–H and O–H groups in total. The van der Waals surface area contributed by atoms with Crippen LogP contribution < -0.4 is 15.0 Å². The van der Waals surface area contributed by atoms with Crippen molar-refractivity contribution in [1.29, 1.82) is 0 Å². The standard InChI is InChI=1S/C22H26N2O3S/c1-17-4-6-18(7-5-17)16-28-14-12-23-21(25)15-27-20-10-8-19(9-11-20)24-13-2-3-22(24)26/h4-11H,2-3,12-16H2,1H3,(H,23,25). The van der Waals surface area contributed by atoms with E-state index in [9.17, 15) is 9.59 Å². The summed E-state index contributed by atoms with van der Waals surface area (Å²) in [6.07, 6.45) is 1.52. The molecule has 0 spiro atoms. The summed E-state index contributed by atoms with van der Waals surface area (Å²) in [6.45, 7) is 3.46. The van der Waals surface area contributed by atoms with Gasteiger partial charge >= 0.3 is 0 Å². The van der Waals surface area contributed by atoms with Crippen LogP contribution in [0.2, 0.25) is 0 Å². The van der Waals surface area contributed by atoms with Gasteiger partial charge in [0, 0.05) is 36.7 Å². The Labute approximate surface area is 170 Å². The summed E-state index contributed by atoms with van der Waals surface area (Å²) in [5, 5.41) is 2.87. The van der Waals surface area contributed by atoms with Gasteiger partial charge < -0.3 is 15.0 Å². The van der Waals surface area contributed by atoms with Crippen LogP contribution in [0.3, 0.4) is 0 Å². The smallest absolute Gasteiger partial charge is 0.257 e. The van der Waals surface area contributed by atoms with E-state index in [2.05, 4.69) is 36.5 Å². The van der Waals surface area contributed by atoms with Crippen LogP contribution in [-0.4, -0.2) is 37.3 Å². The van der Waals surface area contributed by atoms with Gasteiger partial charge in [-0.25, -0.2) is 0 Å². The third-order valence-corrected chi connectivity index (χ3v) is 5.58. The van der Waals surface area contributed by atoms with E-state index >= 15 is 0 Å². The first-order valence-corrected chi connectivity index (χ1v) is 10.7. The molecule has 28 heavy (non-hydrogen) atoms. The predicted octanol–water partition coefficient (Wildman–Crippen LogP) is 3.55. The summed E-state index contributed by atoms with van der Waals surface area (Å²) in [5.41, 5.74) is 3.44. The maximum atomic E-state index is 11.9. The predicted molar refractivity (Wildman–Crippen MR) is 114 cm³/mol. The summed E-state index contributed by atoms with van der Waals surface area (Å²) in [4.78, 5) is 25.4. The molecule has 1 heterocycles. The number of anilines is 1. The minimum Gasteiger partial charge on any atom is -0.484 e. The van der Waals surface area contributed by atoms with Crippen LogP contribution in [0.25, 0.3) is 0 Å². The molecule has 5 nitrogen and oxygen atoms in total. The second kappa shape index (κ2) is 10.2. The van der Waals surface area contributed by atoms with E-state index in [-0.39, 0.29) is 18.4 Å². The van der Waals surface area contributed by atoms with E-state index in [1.807, 2.05) is 12.1 Å². The highest BCUT2D eigenvalue weighted by molar-refractivity contribution is 7.98. The zero-order valence-electron chi connectivity index (χ0n) is 16.1. The van der Waals surface area contributed by atoms with Gasteiger partial charge in [0.2, 0.25) is 5.91 Å². The lowest BCUT2D eigenvalue weighted by molar-refractivity contribution is -0.123. The van der Waals surface area contributed by atoms with Crippen LogP contribution in [0.5, 0.6) is 5.75 Å². The highest BCUT2D eigenvalue weighted by Crippen LogP contribution is 2.23. The summed E-state index contributed by atoms with van der Waals surface area (Å²) in [5.74, 6) is 2.46. The first kappa shape index (κ1) is 20.3. The molecule has 2 amide bonds. The van der Waals surface area contributed by atoms with Crippen molar-refractivity contribution in [2.24, 2.45) is 0 Å². The van der Waals surface area contributed by atoms with Crippen LogP contribution in [0, 0.1) is 6.92 Å². The monoisotopic (exact) mass is 398 g/mol. The van der Waals surface area contributed by atoms with Crippen molar-refractivity contribution in [3.05, 3.63) is 59.7 Å². The average molecular weight is 399 g/mol. The lowest BCUT2D eigenvalue weighted by Gasteiger charge is -2.16. The maximum absolute atomic E-state index is 11.9. The minimum absolute atomic E-state index is 0.00931. The number of amides is 2. The van der Waals surface area contributed by atoms with Gasteiger partial charge in [-0.3, -0.25) is 9.59 Å². The second-order valence-corrected chi connectivity index (χ2v) is 7.92. The molecule has 1 fully saturated rings.